The highest BCUT2D eigenvalue weighted by Crippen LogP contribution is 2.18. The van der Waals surface area contributed by atoms with E-state index in [0.29, 0.717) is 18.8 Å². The van der Waals surface area contributed by atoms with E-state index in [1.165, 1.54) is 0 Å². The van der Waals surface area contributed by atoms with Crippen molar-refractivity contribution >= 4 is 33.2 Å². The Balaban J connectivity index is 2.04. The molecule has 5 nitrogen and oxygen atoms in total. The molecule has 0 radical (unpaired) electrons. The molecule has 0 aliphatic rings. The van der Waals surface area contributed by atoms with Gasteiger partial charge in [-0.1, -0.05) is 0 Å². The smallest absolute Gasteiger partial charge is 0.273 e. The summed E-state index contributed by atoms with van der Waals surface area (Å²) in [5, 5.41) is 7.15. The van der Waals surface area contributed by atoms with Gasteiger partial charge in [0.25, 0.3) is 5.91 Å². The SMILES string of the molecule is CCn1ncc(Br)c1C(=O)N(C)CCc1nccs1. The first-order valence-corrected chi connectivity index (χ1v) is 7.66. The van der Waals surface area contributed by atoms with Gasteiger partial charge in [0.05, 0.1) is 15.7 Å². The normalized spacial score (nSPS) is 10.7. The first-order valence-electron chi connectivity index (χ1n) is 5.98. The van der Waals surface area contributed by atoms with Crippen LogP contribution in [0.25, 0.3) is 0 Å². The fourth-order valence-electron chi connectivity index (χ4n) is 1.74. The number of thiazole rings is 1. The second-order valence-electron chi connectivity index (χ2n) is 4.06. The molecule has 0 bridgehead atoms. The summed E-state index contributed by atoms with van der Waals surface area (Å²) in [6.07, 6.45) is 4.22. The maximum atomic E-state index is 12.4. The van der Waals surface area contributed by atoms with Crippen LogP contribution in [-0.2, 0) is 13.0 Å². The number of hydrogen-bond acceptors (Lipinski definition) is 4. The topological polar surface area (TPSA) is 51.0 Å². The Morgan fingerprint density at radius 2 is 2.37 bits per heavy atom. The summed E-state index contributed by atoms with van der Waals surface area (Å²) in [7, 11) is 1.80. The second-order valence-corrected chi connectivity index (χ2v) is 5.89. The highest BCUT2D eigenvalue weighted by atomic mass is 79.9. The van der Waals surface area contributed by atoms with Gasteiger partial charge in [-0.15, -0.1) is 11.3 Å². The third kappa shape index (κ3) is 3.22. The highest BCUT2D eigenvalue weighted by Gasteiger charge is 2.20. The maximum absolute atomic E-state index is 12.4. The molecule has 2 heterocycles. The number of carbonyl (C=O) groups is 1. The number of carbonyl (C=O) groups excluding carboxylic acids is 1. The predicted octanol–water partition coefficient (Wildman–Crippen LogP) is 2.44. The van der Waals surface area contributed by atoms with Crippen molar-refractivity contribution in [2.75, 3.05) is 13.6 Å². The van der Waals surface area contributed by atoms with Gasteiger partial charge in [-0.3, -0.25) is 9.48 Å². The van der Waals surface area contributed by atoms with Gasteiger partial charge in [0.1, 0.15) is 5.69 Å². The van der Waals surface area contributed by atoms with Crippen LogP contribution in [0.5, 0.6) is 0 Å². The Morgan fingerprint density at radius 1 is 1.58 bits per heavy atom. The van der Waals surface area contributed by atoms with E-state index in [9.17, 15) is 4.79 Å². The molecule has 2 aromatic heterocycles. The van der Waals surface area contributed by atoms with Crippen LogP contribution in [0.2, 0.25) is 0 Å². The standard InChI is InChI=1S/C12H15BrN4OS/c1-3-17-11(9(13)8-15-17)12(18)16(2)6-4-10-14-5-7-19-10/h5,7-8H,3-4,6H2,1-2H3. The summed E-state index contributed by atoms with van der Waals surface area (Å²) in [6, 6.07) is 0. The van der Waals surface area contributed by atoms with Crippen LogP contribution in [0.3, 0.4) is 0 Å². The van der Waals surface area contributed by atoms with Gasteiger partial charge in [-0.05, 0) is 22.9 Å². The van der Waals surface area contributed by atoms with Crippen molar-refractivity contribution in [3.63, 3.8) is 0 Å². The number of rotatable bonds is 5. The van der Waals surface area contributed by atoms with Crippen LogP contribution >= 0.6 is 27.3 Å². The molecule has 0 unspecified atom stereocenters. The molecule has 0 N–H and O–H groups in total. The molecule has 2 rings (SSSR count). The van der Waals surface area contributed by atoms with E-state index in [4.69, 9.17) is 0 Å². The third-order valence-electron chi connectivity index (χ3n) is 2.79. The second kappa shape index (κ2) is 6.29. The van der Waals surface area contributed by atoms with Gasteiger partial charge in [0.15, 0.2) is 0 Å². The molecule has 0 fully saturated rings. The lowest BCUT2D eigenvalue weighted by molar-refractivity contribution is 0.0783. The summed E-state index contributed by atoms with van der Waals surface area (Å²) in [5.74, 6) is -0.0252. The summed E-state index contributed by atoms with van der Waals surface area (Å²) in [5.41, 5.74) is 0.601. The fraction of sp³-hybridized carbons (Fsp3) is 0.417. The number of likely N-dealkylation sites (N-methyl/N-ethyl adjacent to an activating group) is 1. The molecule has 2 aromatic rings. The summed E-state index contributed by atoms with van der Waals surface area (Å²) >= 11 is 4.98. The van der Waals surface area contributed by atoms with Gasteiger partial charge < -0.3 is 4.90 Å². The quantitative estimate of drug-likeness (QED) is 0.838. The molecule has 1 amide bonds. The van der Waals surface area contributed by atoms with E-state index in [1.54, 1.807) is 40.4 Å². The fourth-order valence-corrected chi connectivity index (χ4v) is 2.81. The first-order chi connectivity index (χ1) is 9.13. The third-order valence-corrected chi connectivity index (χ3v) is 4.21. The molecular formula is C12H15BrN4OS. The number of hydrogen-bond donors (Lipinski definition) is 0. The lowest BCUT2D eigenvalue weighted by Crippen LogP contribution is -2.31. The maximum Gasteiger partial charge on any atom is 0.273 e. The van der Waals surface area contributed by atoms with Crippen LogP contribution in [0.4, 0.5) is 0 Å². The van der Waals surface area contributed by atoms with Crippen LogP contribution < -0.4 is 0 Å². The number of aromatic nitrogens is 3. The number of aryl methyl sites for hydroxylation is 1. The van der Waals surface area contributed by atoms with E-state index in [1.807, 2.05) is 12.3 Å². The summed E-state index contributed by atoms with van der Waals surface area (Å²) < 4.78 is 2.44. The molecular weight excluding hydrogens is 328 g/mol. The van der Waals surface area contributed by atoms with Crippen molar-refractivity contribution in [3.05, 3.63) is 32.9 Å². The average molecular weight is 343 g/mol. The summed E-state index contributed by atoms with van der Waals surface area (Å²) in [6.45, 7) is 3.28. The zero-order chi connectivity index (χ0) is 13.8. The highest BCUT2D eigenvalue weighted by molar-refractivity contribution is 9.10. The lowest BCUT2D eigenvalue weighted by atomic mass is 10.3. The molecule has 0 saturated carbocycles. The number of halogens is 1. The number of amides is 1. The monoisotopic (exact) mass is 342 g/mol. The van der Waals surface area contributed by atoms with Crippen molar-refractivity contribution in [1.82, 2.24) is 19.7 Å². The van der Waals surface area contributed by atoms with E-state index in [2.05, 4.69) is 26.0 Å². The van der Waals surface area contributed by atoms with Crippen molar-refractivity contribution in [3.8, 4) is 0 Å². The van der Waals surface area contributed by atoms with Crippen molar-refractivity contribution in [1.29, 1.82) is 0 Å². The van der Waals surface area contributed by atoms with Crippen LogP contribution in [0.1, 0.15) is 22.4 Å². The zero-order valence-corrected chi connectivity index (χ0v) is 13.2. The average Bonchev–Trinajstić information content (AvgIpc) is 3.04. The van der Waals surface area contributed by atoms with Gasteiger partial charge in [-0.25, -0.2) is 4.98 Å². The van der Waals surface area contributed by atoms with E-state index >= 15 is 0 Å². The molecule has 0 aliphatic heterocycles. The van der Waals surface area contributed by atoms with E-state index in [0.717, 1.165) is 15.9 Å². The van der Waals surface area contributed by atoms with Gasteiger partial charge in [0, 0.05) is 38.1 Å². The number of nitrogens with zero attached hydrogens (tertiary/aromatic N) is 4. The Bertz CT molecular complexity index is 552. The minimum absolute atomic E-state index is 0.0252. The Kier molecular flexibility index (Phi) is 4.71. The zero-order valence-electron chi connectivity index (χ0n) is 10.8. The van der Waals surface area contributed by atoms with Crippen LogP contribution in [-0.4, -0.2) is 39.2 Å². The van der Waals surface area contributed by atoms with Crippen LogP contribution in [0, 0.1) is 0 Å². The van der Waals surface area contributed by atoms with Gasteiger partial charge >= 0.3 is 0 Å². The molecule has 0 spiro atoms. The molecule has 7 heteroatoms. The molecule has 0 aliphatic carbocycles. The minimum Gasteiger partial charge on any atom is -0.340 e. The molecule has 0 atom stereocenters. The Morgan fingerprint density at radius 3 is 3.00 bits per heavy atom. The van der Waals surface area contributed by atoms with E-state index in [-0.39, 0.29) is 5.91 Å². The van der Waals surface area contributed by atoms with Crippen LogP contribution in [0.15, 0.2) is 22.2 Å². The largest absolute Gasteiger partial charge is 0.340 e. The lowest BCUT2D eigenvalue weighted by Gasteiger charge is -2.17. The Labute approximate surface area is 124 Å². The summed E-state index contributed by atoms with van der Waals surface area (Å²) in [4.78, 5) is 18.3. The first kappa shape index (κ1) is 14.2. The van der Waals surface area contributed by atoms with E-state index < -0.39 is 0 Å². The minimum atomic E-state index is -0.0252. The predicted molar refractivity (Wildman–Crippen MR) is 78.4 cm³/mol. The molecule has 102 valence electrons. The van der Waals surface area contributed by atoms with Crippen molar-refractivity contribution in [2.45, 2.75) is 19.9 Å². The van der Waals surface area contributed by atoms with Crippen molar-refractivity contribution < 1.29 is 4.79 Å². The molecule has 0 aromatic carbocycles. The van der Waals surface area contributed by atoms with Gasteiger partial charge in [-0.2, -0.15) is 5.10 Å². The molecule has 0 saturated heterocycles. The Hall–Kier alpha value is -1.21. The van der Waals surface area contributed by atoms with Gasteiger partial charge in [0.2, 0.25) is 0 Å². The van der Waals surface area contributed by atoms with Crippen molar-refractivity contribution in [2.24, 2.45) is 0 Å². The molecule has 19 heavy (non-hydrogen) atoms.